The van der Waals surface area contributed by atoms with Crippen molar-refractivity contribution in [2.24, 2.45) is 5.92 Å². The average Bonchev–Trinajstić information content (AvgIpc) is 2.69. The largest absolute Gasteiger partial charge is 0.312 e. The molecule has 1 N–H and O–H groups in total. The summed E-state index contributed by atoms with van der Waals surface area (Å²) >= 11 is 0. The molecule has 1 saturated carbocycles. The summed E-state index contributed by atoms with van der Waals surface area (Å²) < 4.78 is 0. The molecule has 0 spiro atoms. The van der Waals surface area contributed by atoms with Crippen LogP contribution in [0.4, 0.5) is 0 Å². The molecule has 2 fully saturated rings. The third-order valence-electron chi connectivity index (χ3n) is 5.04. The Labute approximate surface area is 114 Å². The number of nitrogens with one attached hydrogen (secondary N) is 1. The molecular weight excluding hydrogens is 220 g/mol. The smallest absolute Gasteiger partial charge is 0.0218 e. The van der Waals surface area contributed by atoms with Gasteiger partial charge in [0.25, 0.3) is 0 Å². The van der Waals surface area contributed by atoms with Gasteiger partial charge in [-0.05, 0) is 38.6 Å². The Morgan fingerprint density at radius 3 is 2.28 bits per heavy atom. The molecule has 2 nitrogen and oxygen atoms in total. The van der Waals surface area contributed by atoms with Gasteiger partial charge in [-0.3, -0.25) is 4.90 Å². The van der Waals surface area contributed by atoms with Crippen molar-refractivity contribution in [3.63, 3.8) is 0 Å². The summed E-state index contributed by atoms with van der Waals surface area (Å²) in [4.78, 5) is 2.84. The van der Waals surface area contributed by atoms with Crippen LogP contribution in [-0.2, 0) is 0 Å². The highest BCUT2D eigenvalue weighted by Crippen LogP contribution is 2.26. The van der Waals surface area contributed by atoms with Gasteiger partial charge in [0.15, 0.2) is 0 Å². The third kappa shape index (κ3) is 3.71. The standard InChI is InChI=1S/C16H32N2/c1-13(2)16-12-18(14(3)10-11-17-16)15-8-6-4-5-7-9-15/h13-17H,4-12H2,1-3H3. The molecule has 1 heterocycles. The molecule has 0 aromatic heterocycles. The second kappa shape index (κ2) is 6.91. The zero-order chi connectivity index (χ0) is 13.0. The van der Waals surface area contributed by atoms with Crippen LogP contribution in [0.15, 0.2) is 0 Å². The molecule has 1 aliphatic carbocycles. The minimum atomic E-state index is 0.693. The molecule has 106 valence electrons. The predicted molar refractivity (Wildman–Crippen MR) is 78.9 cm³/mol. The average molecular weight is 252 g/mol. The fourth-order valence-corrected chi connectivity index (χ4v) is 3.66. The van der Waals surface area contributed by atoms with E-state index in [1.807, 2.05) is 0 Å². The molecular formula is C16H32N2. The Morgan fingerprint density at radius 2 is 1.67 bits per heavy atom. The first-order chi connectivity index (χ1) is 8.68. The topological polar surface area (TPSA) is 15.3 Å². The van der Waals surface area contributed by atoms with E-state index in [0.717, 1.165) is 18.0 Å². The van der Waals surface area contributed by atoms with Crippen LogP contribution in [0.1, 0.15) is 65.7 Å². The van der Waals surface area contributed by atoms with Gasteiger partial charge in [-0.2, -0.15) is 0 Å². The summed E-state index contributed by atoms with van der Waals surface area (Å²) in [7, 11) is 0. The van der Waals surface area contributed by atoms with Crippen molar-refractivity contribution in [3.8, 4) is 0 Å². The maximum absolute atomic E-state index is 3.75. The summed E-state index contributed by atoms with van der Waals surface area (Å²) in [6.07, 6.45) is 10.0. The Morgan fingerprint density at radius 1 is 1.00 bits per heavy atom. The summed E-state index contributed by atoms with van der Waals surface area (Å²) in [5, 5.41) is 3.75. The van der Waals surface area contributed by atoms with E-state index in [9.17, 15) is 0 Å². The number of hydrogen-bond donors (Lipinski definition) is 1. The number of hydrogen-bond acceptors (Lipinski definition) is 2. The molecule has 1 saturated heterocycles. The van der Waals surface area contributed by atoms with E-state index in [2.05, 4.69) is 31.0 Å². The molecule has 0 amide bonds. The summed E-state index contributed by atoms with van der Waals surface area (Å²) in [5.41, 5.74) is 0. The molecule has 2 rings (SSSR count). The van der Waals surface area contributed by atoms with Gasteiger partial charge in [0.2, 0.25) is 0 Å². The van der Waals surface area contributed by atoms with Gasteiger partial charge in [-0.1, -0.05) is 39.5 Å². The van der Waals surface area contributed by atoms with E-state index in [1.165, 1.54) is 58.0 Å². The molecule has 0 radical (unpaired) electrons. The molecule has 2 aliphatic rings. The van der Waals surface area contributed by atoms with Gasteiger partial charge in [0.05, 0.1) is 0 Å². The Kier molecular flexibility index (Phi) is 5.50. The van der Waals surface area contributed by atoms with Crippen molar-refractivity contribution in [1.82, 2.24) is 10.2 Å². The van der Waals surface area contributed by atoms with E-state index in [-0.39, 0.29) is 0 Å². The van der Waals surface area contributed by atoms with E-state index in [0.29, 0.717) is 6.04 Å². The van der Waals surface area contributed by atoms with Gasteiger partial charge < -0.3 is 5.32 Å². The lowest BCUT2D eigenvalue weighted by atomic mass is 10.00. The number of nitrogens with zero attached hydrogens (tertiary/aromatic N) is 1. The van der Waals surface area contributed by atoms with Crippen molar-refractivity contribution in [1.29, 1.82) is 0 Å². The van der Waals surface area contributed by atoms with Gasteiger partial charge in [0, 0.05) is 24.7 Å². The van der Waals surface area contributed by atoms with Crippen molar-refractivity contribution in [2.45, 2.75) is 83.8 Å². The monoisotopic (exact) mass is 252 g/mol. The first kappa shape index (κ1) is 14.3. The van der Waals surface area contributed by atoms with E-state index < -0.39 is 0 Å². The highest BCUT2D eigenvalue weighted by molar-refractivity contribution is 4.87. The molecule has 0 aromatic carbocycles. The fourth-order valence-electron chi connectivity index (χ4n) is 3.66. The van der Waals surface area contributed by atoms with Crippen LogP contribution >= 0.6 is 0 Å². The van der Waals surface area contributed by atoms with Crippen LogP contribution in [0.3, 0.4) is 0 Å². The SMILES string of the molecule is CC(C)C1CN(C2CCCCCC2)C(C)CCN1. The van der Waals surface area contributed by atoms with Crippen molar-refractivity contribution in [3.05, 3.63) is 0 Å². The molecule has 0 aromatic rings. The summed E-state index contributed by atoms with van der Waals surface area (Å²) in [6, 6.07) is 2.33. The molecule has 18 heavy (non-hydrogen) atoms. The van der Waals surface area contributed by atoms with Crippen LogP contribution < -0.4 is 5.32 Å². The van der Waals surface area contributed by atoms with Gasteiger partial charge >= 0.3 is 0 Å². The second-order valence-electron chi connectivity index (χ2n) is 6.78. The Balaban J connectivity index is 2.01. The maximum Gasteiger partial charge on any atom is 0.0218 e. The van der Waals surface area contributed by atoms with Crippen LogP contribution in [0.25, 0.3) is 0 Å². The molecule has 2 unspecified atom stereocenters. The zero-order valence-corrected chi connectivity index (χ0v) is 12.6. The molecule has 1 aliphatic heterocycles. The van der Waals surface area contributed by atoms with Crippen molar-refractivity contribution >= 4 is 0 Å². The lowest BCUT2D eigenvalue weighted by Crippen LogP contribution is -2.47. The van der Waals surface area contributed by atoms with Crippen molar-refractivity contribution < 1.29 is 0 Å². The summed E-state index contributed by atoms with van der Waals surface area (Å²) in [6.45, 7) is 9.63. The number of rotatable bonds is 2. The zero-order valence-electron chi connectivity index (χ0n) is 12.6. The lowest BCUT2D eigenvalue weighted by molar-refractivity contribution is 0.120. The van der Waals surface area contributed by atoms with Crippen molar-refractivity contribution in [2.75, 3.05) is 13.1 Å². The predicted octanol–water partition coefficient (Wildman–Crippen LogP) is 3.42. The Bertz CT molecular complexity index is 231. The lowest BCUT2D eigenvalue weighted by Gasteiger charge is -2.37. The van der Waals surface area contributed by atoms with E-state index >= 15 is 0 Å². The van der Waals surface area contributed by atoms with Gasteiger partial charge in [-0.25, -0.2) is 0 Å². The van der Waals surface area contributed by atoms with E-state index in [4.69, 9.17) is 0 Å². The quantitative estimate of drug-likeness (QED) is 0.758. The first-order valence-corrected chi connectivity index (χ1v) is 8.17. The molecule has 2 atom stereocenters. The highest BCUT2D eigenvalue weighted by atomic mass is 15.2. The van der Waals surface area contributed by atoms with Crippen LogP contribution in [0, 0.1) is 5.92 Å². The Hall–Kier alpha value is -0.0800. The fraction of sp³-hybridized carbons (Fsp3) is 1.00. The minimum absolute atomic E-state index is 0.693. The van der Waals surface area contributed by atoms with Crippen LogP contribution in [-0.4, -0.2) is 36.1 Å². The molecule has 2 heteroatoms. The van der Waals surface area contributed by atoms with Gasteiger partial charge in [0.1, 0.15) is 0 Å². The second-order valence-corrected chi connectivity index (χ2v) is 6.78. The maximum atomic E-state index is 3.75. The van der Waals surface area contributed by atoms with Gasteiger partial charge in [-0.15, -0.1) is 0 Å². The van der Waals surface area contributed by atoms with Crippen LogP contribution in [0.2, 0.25) is 0 Å². The van der Waals surface area contributed by atoms with E-state index in [1.54, 1.807) is 0 Å². The minimum Gasteiger partial charge on any atom is -0.312 e. The summed E-state index contributed by atoms with van der Waals surface area (Å²) in [5.74, 6) is 0.753. The normalized spacial score (nSPS) is 33.3. The highest BCUT2D eigenvalue weighted by Gasteiger charge is 2.29. The molecule has 0 bridgehead atoms. The first-order valence-electron chi connectivity index (χ1n) is 8.17. The third-order valence-corrected chi connectivity index (χ3v) is 5.04. The van der Waals surface area contributed by atoms with Crippen LogP contribution in [0.5, 0.6) is 0 Å².